The first-order valence-electron chi connectivity index (χ1n) is 5.15. The van der Waals surface area contributed by atoms with E-state index in [4.69, 9.17) is 10.5 Å². The van der Waals surface area contributed by atoms with Crippen LogP contribution in [0.1, 0.15) is 0 Å². The molecule has 4 heteroatoms. The molecule has 0 amide bonds. The zero-order valence-corrected chi connectivity index (χ0v) is 11.6. The summed E-state index contributed by atoms with van der Waals surface area (Å²) in [7, 11) is 1.63. The summed E-state index contributed by atoms with van der Waals surface area (Å²) in [6.07, 6.45) is 0. The van der Waals surface area contributed by atoms with Crippen molar-refractivity contribution in [1.82, 2.24) is 0 Å². The van der Waals surface area contributed by atoms with Crippen LogP contribution in [0.3, 0.4) is 0 Å². The van der Waals surface area contributed by atoms with Crippen LogP contribution >= 0.6 is 22.6 Å². The molecule has 0 aliphatic carbocycles. The zero-order valence-electron chi connectivity index (χ0n) is 9.41. The van der Waals surface area contributed by atoms with E-state index in [1.165, 1.54) is 0 Å². The highest BCUT2D eigenvalue weighted by Crippen LogP contribution is 2.27. The van der Waals surface area contributed by atoms with Crippen LogP contribution in [0.4, 0.5) is 17.1 Å². The lowest BCUT2D eigenvalue weighted by molar-refractivity contribution is 0.415. The number of ether oxygens (including phenoxy) is 1. The second-order valence-electron chi connectivity index (χ2n) is 3.60. The number of para-hydroxylation sites is 1. The van der Waals surface area contributed by atoms with E-state index >= 15 is 0 Å². The molecule has 0 spiro atoms. The maximum Gasteiger partial charge on any atom is 0.122 e. The lowest BCUT2D eigenvalue weighted by Crippen LogP contribution is -1.95. The highest BCUT2D eigenvalue weighted by Gasteiger charge is 2.02. The van der Waals surface area contributed by atoms with Crippen LogP contribution in [0.5, 0.6) is 5.75 Å². The molecular weight excluding hydrogens is 327 g/mol. The van der Waals surface area contributed by atoms with Gasteiger partial charge in [0.2, 0.25) is 0 Å². The van der Waals surface area contributed by atoms with Crippen LogP contribution in [-0.4, -0.2) is 7.11 Å². The molecule has 0 aliphatic rings. The fourth-order valence-electron chi connectivity index (χ4n) is 1.53. The SMILES string of the molecule is COc1cc(N)cc(Nc2ccccc2I)c1. The first-order chi connectivity index (χ1) is 8.19. The summed E-state index contributed by atoms with van der Waals surface area (Å²) in [4.78, 5) is 0. The number of hydrogen-bond donors (Lipinski definition) is 2. The molecule has 2 aromatic rings. The van der Waals surface area contributed by atoms with Gasteiger partial charge in [-0.1, -0.05) is 12.1 Å². The Hall–Kier alpha value is -1.43. The van der Waals surface area contributed by atoms with Gasteiger partial charge < -0.3 is 15.8 Å². The Labute approximate surface area is 114 Å². The van der Waals surface area contributed by atoms with Gasteiger partial charge in [0.1, 0.15) is 5.75 Å². The molecule has 2 rings (SSSR count). The van der Waals surface area contributed by atoms with Crippen molar-refractivity contribution in [3.05, 3.63) is 46.0 Å². The van der Waals surface area contributed by atoms with Crippen LogP contribution in [0.2, 0.25) is 0 Å². The third kappa shape index (κ3) is 3.03. The molecule has 17 heavy (non-hydrogen) atoms. The molecule has 3 nitrogen and oxygen atoms in total. The number of benzene rings is 2. The van der Waals surface area contributed by atoms with Crippen molar-refractivity contribution in [2.75, 3.05) is 18.2 Å². The van der Waals surface area contributed by atoms with Gasteiger partial charge in [0.15, 0.2) is 0 Å². The summed E-state index contributed by atoms with van der Waals surface area (Å²) >= 11 is 2.29. The Morgan fingerprint density at radius 1 is 1.18 bits per heavy atom. The minimum absolute atomic E-state index is 0.679. The molecule has 0 bridgehead atoms. The normalized spacial score (nSPS) is 10.0. The fourth-order valence-corrected chi connectivity index (χ4v) is 2.05. The predicted octanol–water partition coefficient (Wildman–Crippen LogP) is 3.63. The summed E-state index contributed by atoms with van der Waals surface area (Å²) in [6, 6.07) is 13.7. The zero-order chi connectivity index (χ0) is 12.3. The molecular formula is C13H13IN2O. The Morgan fingerprint density at radius 3 is 2.65 bits per heavy atom. The van der Waals surface area contributed by atoms with Gasteiger partial charge in [0.05, 0.1) is 12.8 Å². The van der Waals surface area contributed by atoms with E-state index in [-0.39, 0.29) is 0 Å². The van der Waals surface area contributed by atoms with E-state index in [0.717, 1.165) is 20.7 Å². The average molecular weight is 340 g/mol. The van der Waals surface area contributed by atoms with Gasteiger partial charge in [-0.15, -0.1) is 0 Å². The van der Waals surface area contributed by atoms with Gasteiger partial charge in [-0.25, -0.2) is 0 Å². The number of anilines is 3. The smallest absolute Gasteiger partial charge is 0.122 e. The van der Waals surface area contributed by atoms with E-state index in [2.05, 4.69) is 27.9 Å². The van der Waals surface area contributed by atoms with Gasteiger partial charge >= 0.3 is 0 Å². The van der Waals surface area contributed by atoms with Gasteiger partial charge in [-0.3, -0.25) is 0 Å². The topological polar surface area (TPSA) is 47.3 Å². The fraction of sp³-hybridized carbons (Fsp3) is 0.0769. The van der Waals surface area contributed by atoms with Crippen molar-refractivity contribution in [2.45, 2.75) is 0 Å². The molecule has 0 atom stereocenters. The summed E-state index contributed by atoms with van der Waals surface area (Å²) in [5.41, 5.74) is 8.46. The van der Waals surface area contributed by atoms with Crippen molar-refractivity contribution < 1.29 is 4.74 Å². The lowest BCUT2D eigenvalue weighted by atomic mass is 10.2. The Morgan fingerprint density at radius 2 is 1.94 bits per heavy atom. The van der Waals surface area contributed by atoms with Crippen LogP contribution < -0.4 is 15.8 Å². The van der Waals surface area contributed by atoms with Gasteiger partial charge in [0.25, 0.3) is 0 Å². The molecule has 0 saturated heterocycles. The van der Waals surface area contributed by atoms with Gasteiger partial charge in [-0.2, -0.15) is 0 Å². The number of halogens is 1. The van der Waals surface area contributed by atoms with Crippen LogP contribution in [0.25, 0.3) is 0 Å². The Kier molecular flexibility index (Phi) is 3.73. The first kappa shape index (κ1) is 12.0. The Balaban J connectivity index is 2.30. The minimum Gasteiger partial charge on any atom is -0.497 e. The summed E-state index contributed by atoms with van der Waals surface area (Å²) in [6.45, 7) is 0. The third-order valence-corrected chi connectivity index (χ3v) is 3.26. The number of nitrogens with two attached hydrogens (primary N) is 1. The molecule has 0 radical (unpaired) electrons. The lowest BCUT2D eigenvalue weighted by Gasteiger charge is -2.10. The number of nitrogen functional groups attached to an aromatic ring is 1. The maximum absolute atomic E-state index is 5.80. The highest BCUT2D eigenvalue weighted by atomic mass is 127. The summed E-state index contributed by atoms with van der Waals surface area (Å²) in [5.74, 6) is 0.749. The van der Waals surface area contributed by atoms with E-state index in [0.29, 0.717) is 5.69 Å². The maximum atomic E-state index is 5.80. The van der Waals surface area contributed by atoms with E-state index in [1.54, 1.807) is 13.2 Å². The molecule has 0 aromatic heterocycles. The number of hydrogen-bond acceptors (Lipinski definition) is 3. The second-order valence-corrected chi connectivity index (χ2v) is 4.76. The molecule has 0 saturated carbocycles. The molecule has 0 unspecified atom stereocenters. The van der Waals surface area contributed by atoms with Crippen LogP contribution in [0, 0.1) is 3.57 Å². The first-order valence-corrected chi connectivity index (χ1v) is 6.23. The van der Waals surface area contributed by atoms with Crippen molar-refractivity contribution >= 4 is 39.7 Å². The number of rotatable bonds is 3. The quantitative estimate of drug-likeness (QED) is 0.663. The van der Waals surface area contributed by atoms with E-state index < -0.39 is 0 Å². The molecule has 0 heterocycles. The van der Waals surface area contributed by atoms with Crippen molar-refractivity contribution in [3.63, 3.8) is 0 Å². The van der Waals surface area contributed by atoms with Crippen molar-refractivity contribution in [1.29, 1.82) is 0 Å². The largest absolute Gasteiger partial charge is 0.497 e. The molecule has 88 valence electrons. The molecule has 0 fully saturated rings. The van der Waals surface area contributed by atoms with E-state index in [9.17, 15) is 0 Å². The standard InChI is InChI=1S/C13H13IN2O/c1-17-11-7-9(15)6-10(8-11)16-13-5-3-2-4-12(13)14/h2-8,16H,15H2,1H3. The summed E-state index contributed by atoms with van der Waals surface area (Å²) in [5, 5.41) is 3.32. The summed E-state index contributed by atoms with van der Waals surface area (Å²) < 4.78 is 6.34. The minimum atomic E-state index is 0.679. The monoisotopic (exact) mass is 340 g/mol. The number of methoxy groups -OCH3 is 1. The number of nitrogens with one attached hydrogen (secondary N) is 1. The molecule has 0 aliphatic heterocycles. The second kappa shape index (κ2) is 5.27. The van der Waals surface area contributed by atoms with Crippen LogP contribution in [0.15, 0.2) is 42.5 Å². The van der Waals surface area contributed by atoms with Crippen LogP contribution in [-0.2, 0) is 0 Å². The average Bonchev–Trinajstić information content (AvgIpc) is 2.31. The third-order valence-electron chi connectivity index (χ3n) is 2.32. The van der Waals surface area contributed by atoms with Crippen molar-refractivity contribution in [3.8, 4) is 5.75 Å². The van der Waals surface area contributed by atoms with Gasteiger partial charge in [0, 0.05) is 27.1 Å². The molecule has 2 aromatic carbocycles. The Bertz CT molecular complexity index is 529. The van der Waals surface area contributed by atoms with E-state index in [1.807, 2.05) is 36.4 Å². The highest BCUT2D eigenvalue weighted by molar-refractivity contribution is 14.1. The van der Waals surface area contributed by atoms with Crippen molar-refractivity contribution in [2.24, 2.45) is 0 Å². The van der Waals surface area contributed by atoms with Gasteiger partial charge in [-0.05, 0) is 40.8 Å². The molecule has 3 N–H and O–H groups in total. The predicted molar refractivity (Wildman–Crippen MR) is 79.8 cm³/mol.